The fourth-order valence-corrected chi connectivity index (χ4v) is 9.87. The molecule has 0 aromatic heterocycles. The number of carbonyl (C=O) groups is 6. The molecule has 0 amide bonds. The van der Waals surface area contributed by atoms with Crippen LogP contribution in [0.2, 0.25) is 0 Å². The van der Waals surface area contributed by atoms with Crippen molar-refractivity contribution in [2.24, 2.45) is 10.8 Å². The van der Waals surface area contributed by atoms with Crippen LogP contribution in [0.1, 0.15) is 163 Å². The van der Waals surface area contributed by atoms with E-state index in [2.05, 4.69) is 38.0 Å². The summed E-state index contributed by atoms with van der Waals surface area (Å²) in [6, 6.07) is 19.4. The summed E-state index contributed by atoms with van der Waals surface area (Å²) in [5.41, 5.74) is 1.08. The van der Waals surface area contributed by atoms with Crippen molar-refractivity contribution >= 4 is 92.2 Å². The molecule has 0 bridgehead atoms. The van der Waals surface area contributed by atoms with Gasteiger partial charge in [0.1, 0.15) is 4.75 Å². The number of benzene rings is 2. The highest BCUT2D eigenvalue weighted by atomic mass is 32.2. The molecule has 0 saturated heterocycles. The maximum atomic E-state index is 13.6. The molecule has 0 radical (unpaired) electrons. The summed E-state index contributed by atoms with van der Waals surface area (Å²) in [5, 5.41) is 0. The van der Waals surface area contributed by atoms with Crippen molar-refractivity contribution in [1.29, 1.82) is 0 Å². The van der Waals surface area contributed by atoms with Gasteiger partial charge in [-0.2, -0.15) is 0 Å². The monoisotopic (exact) mass is 1140 g/mol. The lowest BCUT2D eigenvalue weighted by molar-refractivity contribution is -0.163. The molecular formula is C61H90O12S4. The average Bonchev–Trinajstić information content (AvgIpc) is 3.40. The lowest BCUT2D eigenvalue weighted by Gasteiger charge is -2.46. The zero-order valence-corrected chi connectivity index (χ0v) is 51.2. The molecule has 0 aliphatic rings. The quantitative estimate of drug-likeness (QED) is 0.0166. The Kier molecular flexibility index (Phi) is 42.4. The van der Waals surface area contributed by atoms with E-state index in [1.807, 2.05) is 107 Å². The van der Waals surface area contributed by atoms with E-state index in [-0.39, 0.29) is 42.2 Å². The first-order chi connectivity index (χ1) is 36.5. The summed E-state index contributed by atoms with van der Waals surface area (Å²) in [4.78, 5) is 71.5. The van der Waals surface area contributed by atoms with Crippen LogP contribution in [-0.4, -0.2) is 95.4 Å². The predicted molar refractivity (Wildman–Crippen MR) is 325 cm³/mol. The summed E-state index contributed by atoms with van der Waals surface area (Å²) in [7, 11) is 2.70. The second kappa shape index (κ2) is 44.0. The van der Waals surface area contributed by atoms with Crippen LogP contribution in [0.25, 0.3) is 0 Å². The van der Waals surface area contributed by atoms with Crippen molar-refractivity contribution in [3.05, 3.63) is 121 Å². The summed E-state index contributed by atoms with van der Waals surface area (Å²) in [6.45, 7) is 30.9. The first kappa shape index (κ1) is 74.2. The van der Waals surface area contributed by atoms with E-state index in [4.69, 9.17) is 48.1 Å². The van der Waals surface area contributed by atoms with Gasteiger partial charge in [0.25, 0.3) is 0 Å². The molecule has 0 aliphatic carbocycles. The molecule has 0 spiro atoms. The van der Waals surface area contributed by atoms with Crippen molar-refractivity contribution in [3.8, 4) is 0 Å². The lowest BCUT2D eigenvalue weighted by Crippen LogP contribution is -2.49. The van der Waals surface area contributed by atoms with Gasteiger partial charge >= 0.3 is 35.8 Å². The Morgan fingerprint density at radius 1 is 0.571 bits per heavy atom. The van der Waals surface area contributed by atoms with Gasteiger partial charge in [0.15, 0.2) is 0 Å². The Bertz CT molecular complexity index is 2120. The minimum Gasteiger partial charge on any atom is -0.469 e. The highest BCUT2D eigenvalue weighted by Gasteiger charge is 2.53. The number of thioether (sulfide) groups is 2. The fourth-order valence-electron chi connectivity index (χ4n) is 6.81. The number of allylic oxidation sites excluding steroid dienone is 2. The van der Waals surface area contributed by atoms with Gasteiger partial charge < -0.3 is 28.4 Å². The number of hydrogen-bond donors (Lipinski definition) is 0. The largest absolute Gasteiger partial charge is 0.469 e. The number of thiocarbonyl (C=S) groups is 2. The molecule has 0 N–H and O–H groups in total. The van der Waals surface area contributed by atoms with Crippen LogP contribution in [0, 0.1) is 10.8 Å². The third-order valence-electron chi connectivity index (χ3n) is 11.8. The zero-order chi connectivity index (χ0) is 58.7. The van der Waals surface area contributed by atoms with Gasteiger partial charge in [0.2, 0.25) is 0 Å². The Labute approximate surface area is 481 Å². The molecule has 2 aromatic rings. The van der Waals surface area contributed by atoms with E-state index >= 15 is 0 Å². The van der Waals surface area contributed by atoms with Gasteiger partial charge in [-0.25, -0.2) is 9.59 Å². The molecule has 0 heterocycles. The minimum absolute atomic E-state index is 0.133. The van der Waals surface area contributed by atoms with E-state index in [1.54, 1.807) is 13.8 Å². The van der Waals surface area contributed by atoms with E-state index in [9.17, 15) is 28.8 Å². The number of carbonyl (C=O) groups excluding carboxylic acids is 6. The van der Waals surface area contributed by atoms with E-state index in [0.29, 0.717) is 73.2 Å². The third kappa shape index (κ3) is 33.9. The standard InChI is InChI=1S/C32H48O6S2.C14H18O2S2.C10H16O2.C5H8O2/c1-8-10-12-16-23-38-29(35)32(6,40-27(39)25-18-14-13-15-19-25)24-30(3,4)31(5,28(34)36-7)21-17-20-26(33)37-22-11-9-2;1-2-3-10-16-13(15)9-11-18-14(17)12-7-5-4-6-8-12;1-4-5-6-7-8-12-10(11)9(2)3;1-4(2)5(6)7-3/h8,13-15,18-19H,1,9-12,16-17,20-24H2,2-7H3;4-8H,2-3,9-11H2,1H3;4H,1-2,5-8H2,3H3;1H2,2-3H3. The Morgan fingerprint density at radius 3 is 1.45 bits per heavy atom. The Hall–Kier alpha value is -4.90. The van der Waals surface area contributed by atoms with Crippen LogP contribution in [0.3, 0.4) is 0 Å². The predicted octanol–water partition coefficient (Wildman–Crippen LogP) is 14.9. The molecule has 2 aromatic carbocycles. The maximum absolute atomic E-state index is 13.6. The number of hydrogen-bond acceptors (Lipinski definition) is 16. The molecule has 0 fully saturated rings. The summed E-state index contributed by atoms with van der Waals surface area (Å²) >= 11 is 13.9. The van der Waals surface area contributed by atoms with Crippen LogP contribution in [0.15, 0.2) is 110 Å². The SMILES string of the molecule is C=C(C)C(=O)OC.C=CCCCCOC(=O)C(=C)C.C=CCCCCOC(=O)C(C)(CC(C)(C)C(C)(CCCC(=O)OCCCC)C(=O)OC)SC(=S)c1ccccc1.CCCCOC(=O)CCSC(=S)c1ccccc1. The van der Waals surface area contributed by atoms with Crippen LogP contribution in [0.4, 0.5) is 0 Å². The molecule has 2 unspecified atom stereocenters. The molecular weight excluding hydrogens is 1050 g/mol. The second-order valence-corrected chi connectivity index (χ2v) is 23.0. The first-order valence-corrected chi connectivity index (χ1v) is 28.9. The normalized spacial score (nSPS) is 11.9. The highest BCUT2D eigenvalue weighted by Crippen LogP contribution is 2.52. The lowest BCUT2D eigenvalue weighted by atomic mass is 9.60. The highest BCUT2D eigenvalue weighted by molar-refractivity contribution is 8.25. The number of unbranched alkanes of at least 4 members (excludes halogenated alkanes) is 6. The van der Waals surface area contributed by atoms with Crippen LogP contribution in [-0.2, 0) is 57.2 Å². The second-order valence-electron chi connectivity index (χ2n) is 19.0. The van der Waals surface area contributed by atoms with Gasteiger partial charge in [0, 0.05) is 23.3 Å². The van der Waals surface area contributed by atoms with Crippen LogP contribution < -0.4 is 0 Å². The van der Waals surface area contributed by atoms with Crippen LogP contribution in [0.5, 0.6) is 0 Å². The molecule has 77 heavy (non-hydrogen) atoms. The first-order valence-electron chi connectivity index (χ1n) is 26.3. The molecule has 2 rings (SSSR count). The number of ether oxygens (including phenoxy) is 6. The Balaban J connectivity index is 0. The van der Waals surface area contributed by atoms with E-state index in [1.165, 1.54) is 37.7 Å². The zero-order valence-electron chi connectivity index (χ0n) is 47.9. The number of methoxy groups -OCH3 is 2. The van der Waals surface area contributed by atoms with E-state index in [0.717, 1.165) is 79.5 Å². The molecule has 430 valence electrons. The minimum atomic E-state index is -1.07. The van der Waals surface area contributed by atoms with Crippen molar-refractivity contribution in [2.75, 3.05) is 46.4 Å². The fraction of sp³-hybridized carbons (Fsp3) is 0.541. The molecule has 2 atom stereocenters. The summed E-state index contributed by atoms with van der Waals surface area (Å²) in [6.07, 6.45) is 14.6. The van der Waals surface area contributed by atoms with Crippen molar-refractivity contribution in [3.63, 3.8) is 0 Å². The summed E-state index contributed by atoms with van der Waals surface area (Å²) < 4.78 is 30.9. The average molecular weight is 1140 g/mol. The van der Waals surface area contributed by atoms with E-state index < -0.39 is 15.6 Å². The topological polar surface area (TPSA) is 158 Å². The van der Waals surface area contributed by atoms with Gasteiger partial charge in [0.05, 0.1) is 60.9 Å². The molecule has 12 nitrogen and oxygen atoms in total. The third-order valence-corrected chi connectivity index (χ3v) is 14.9. The van der Waals surface area contributed by atoms with Gasteiger partial charge in [-0.05, 0) is 115 Å². The number of esters is 6. The molecule has 0 aliphatic heterocycles. The maximum Gasteiger partial charge on any atom is 0.333 e. The van der Waals surface area contributed by atoms with Crippen molar-refractivity contribution < 1.29 is 57.2 Å². The number of rotatable bonds is 33. The smallest absolute Gasteiger partial charge is 0.333 e. The van der Waals surface area contributed by atoms with Crippen LogP contribution >= 0.6 is 48.0 Å². The van der Waals surface area contributed by atoms with Gasteiger partial charge in [-0.15, -0.1) is 24.9 Å². The van der Waals surface area contributed by atoms with Crippen molar-refractivity contribution in [2.45, 2.75) is 156 Å². The molecule has 0 saturated carbocycles. The van der Waals surface area contributed by atoms with Crippen molar-refractivity contribution in [1.82, 2.24) is 0 Å². The molecule has 16 heteroatoms. The Morgan fingerprint density at radius 2 is 1.03 bits per heavy atom. The van der Waals surface area contributed by atoms with Gasteiger partial charge in [-0.1, -0.05) is 163 Å². The summed E-state index contributed by atoms with van der Waals surface area (Å²) in [5.74, 6) is -1.12. The van der Waals surface area contributed by atoms with Gasteiger partial charge in [-0.3, -0.25) is 19.2 Å².